The average Bonchev–Trinajstić information content (AvgIpc) is 3.01. The minimum absolute atomic E-state index is 0.645. The number of nitrogens with zero attached hydrogens (tertiary/aromatic N) is 4. The van der Waals surface area contributed by atoms with Crippen LogP contribution in [-0.4, -0.2) is 19.7 Å². The molecule has 98 valence electrons. The van der Waals surface area contributed by atoms with Gasteiger partial charge in [0.05, 0.1) is 16.8 Å². The molecule has 3 rings (SSSR count). The van der Waals surface area contributed by atoms with Crippen molar-refractivity contribution in [1.29, 1.82) is 0 Å². The van der Waals surface area contributed by atoms with Gasteiger partial charge in [0.25, 0.3) is 0 Å². The number of anilines is 1. The van der Waals surface area contributed by atoms with Gasteiger partial charge < -0.3 is 9.88 Å². The number of hydrogen-bond donors (Lipinski definition) is 1. The van der Waals surface area contributed by atoms with Crippen LogP contribution < -0.4 is 5.32 Å². The molecule has 0 fully saturated rings. The van der Waals surface area contributed by atoms with Crippen LogP contribution in [0.1, 0.15) is 18.3 Å². The highest BCUT2D eigenvalue weighted by Crippen LogP contribution is 2.26. The van der Waals surface area contributed by atoms with E-state index in [1.165, 1.54) is 10.3 Å². The van der Waals surface area contributed by atoms with E-state index in [2.05, 4.69) is 52.5 Å². The van der Waals surface area contributed by atoms with Gasteiger partial charge in [-0.05, 0) is 31.5 Å². The summed E-state index contributed by atoms with van der Waals surface area (Å²) in [6.45, 7) is 5.68. The van der Waals surface area contributed by atoms with Crippen LogP contribution in [0.3, 0.4) is 0 Å². The molecular weight excluding hydrogens is 258 g/mol. The molecule has 0 aliphatic carbocycles. The van der Waals surface area contributed by atoms with E-state index < -0.39 is 0 Å². The number of aromatic nitrogens is 4. The second-order valence-electron chi connectivity index (χ2n) is 4.38. The Bertz CT molecular complexity index is 700. The summed E-state index contributed by atoms with van der Waals surface area (Å²) in [6, 6.07) is 6.33. The molecule has 6 heteroatoms. The Morgan fingerprint density at radius 3 is 3.11 bits per heavy atom. The molecule has 0 aliphatic rings. The normalized spacial score (nSPS) is 11.1. The molecule has 0 atom stereocenters. The monoisotopic (exact) mass is 273 g/mol. The second-order valence-corrected chi connectivity index (χ2v) is 5.41. The predicted octanol–water partition coefficient (Wildman–Crippen LogP) is 2.83. The maximum atomic E-state index is 4.58. The zero-order valence-electron chi connectivity index (χ0n) is 10.9. The minimum Gasteiger partial charge on any atom is -0.354 e. The summed E-state index contributed by atoms with van der Waals surface area (Å²) in [7, 11) is 0. The maximum absolute atomic E-state index is 4.58. The predicted molar refractivity (Wildman–Crippen MR) is 77.4 cm³/mol. The first-order valence-corrected chi connectivity index (χ1v) is 7.05. The zero-order valence-corrected chi connectivity index (χ0v) is 11.7. The number of fused-ring (bicyclic) bond motifs is 1. The van der Waals surface area contributed by atoms with Crippen molar-refractivity contribution in [3.63, 3.8) is 0 Å². The smallest absolute Gasteiger partial charge is 0.184 e. The third-order valence-electron chi connectivity index (χ3n) is 2.98. The second kappa shape index (κ2) is 4.97. The van der Waals surface area contributed by atoms with Gasteiger partial charge in [-0.2, -0.15) is 0 Å². The summed E-state index contributed by atoms with van der Waals surface area (Å²) in [5, 5.41) is 12.3. The molecule has 2 heterocycles. The van der Waals surface area contributed by atoms with Gasteiger partial charge in [0, 0.05) is 6.54 Å². The Kier molecular flexibility index (Phi) is 3.16. The fourth-order valence-electron chi connectivity index (χ4n) is 1.95. The molecule has 19 heavy (non-hydrogen) atoms. The lowest BCUT2D eigenvalue weighted by Gasteiger charge is -2.03. The first-order chi connectivity index (χ1) is 9.26. The van der Waals surface area contributed by atoms with Gasteiger partial charge in [0.15, 0.2) is 11.0 Å². The van der Waals surface area contributed by atoms with Gasteiger partial charge in [-0.15, -0.1) is 10.2 Å². The van der Waals surface area contributed by atoms with Crippen molar-refractivity contribution in [3.05, 3.63) is 35.9 Å². The standard InChI is InChI=1S/C13H15N5S/c1-3-18-8-15-17-12(18)7-14-13-16-10-6-9(2)4-5-11(10)19-13/h4-6,8H,3,7H2,1-2H3,(H,14,16). The molecule has 3 aromatic rings. The maximum Gasteiger partial charge on any atom is 0.184 e. The van der Waals surface area contributed by atoms with E-state index in [9.17, 15) is 0 Å². The topological polar surface area (TPSA) is 55.6 Å². The number of aryl methyl sites for hydroxylation is 2. The minimum atomic E-state index is 0.645. The summed E-state index contributed by atoms with van der Waals surface area (Å²) >= 11 is 1.66. The lowest BCUT2D eigenvalue weighted by molar-refractivity contribution is 0.708. The quantitative estimate of drug-likeness (QED) is 0.794. The highest BCUT2D eigenvalue weighted by atomic mass is 32.1. The Hall–Kier alpha value is -1.95. The van der Waals surface area contributed by atoms with Gasteiger partial charge in [-0.1, -0.05) is 17.4 Å². The molecule has 0 saturated heterocycles. The number of rotatable bonds is 4. The average molecular weight is 273 g/mol. The first kappa shape index (κ1) is 12.1. The molecule has 0 aliphatic heterocycles. The van der Waals surface area contributed by atoms with E-state index in [-0.39, 0.29) is 0 Å². The van der Waals surface area contributed by atoms with Gasteiger partial charge in [-0.25, -0.2) is 4.98 Å². The number of hydrogen-bond acceptors (Lipinski definition) is 5. The number of nitrogens with one attached hydrogen (secondary N) is 1. The van der Waals surface area contributed by atoms with E-state index in [0.717, 1.165) is 23.0 Å². The zero-order chi connectivity index (χ0) is 13.2. The molecule has 0 saturated carbocycles. The molecule has 0 bridgehead atoms. The summed E-state index contributed by atoms with van der Waals surface area (Å²) in [4.78, 5) is 4.58. The molecule has 5 nitrogen and oxygen atoms in total. The number of thiazole rings is 1. The first-order valence-electron chi connectivity index (χ1n) is 6.24. The lowest BCUT2D eigenvalue weighted by Crippen LogP contribution is -2.07. The van der Waals surface area contributed by atoms with E-state index in [1.54, 1.807) is 17.7 Å². The van der Waals surface area contributed by atoms with Crippen molar-refractivity contribution in [3.8, 4) is 0 Å². The van der Waals surface area contributed by atoms with Crippen molar-refractivity contribution >= 4 is 26.7 Å². The van der Waals surface area contributed by atoms with Crippen molar-refractivity contribution in [2.45, 2.75) is 26.9 Å². The highest BCUT2D eigenvalue weighted by molar-refractivity contribution is 7.22. The van der Waals surface area contributed by atoms with Crippen LogP contribution in [0.5, 0.6) is 0 Å². The number of benzene rings is 1. The Morgan fingerprint density at radius 2 is 2.26 bits per heavy atom. The van der Waals surface area contributed by atoms with Crippen LogP contribution in [0.15, 0.2) is 24.5 Å². The van der Waals surface area contributed by atoms with Gasteiger partial charge in [-0.3, -0.25) is 0 Å². The fraction of sp³-hybridized carbons (Fsp3) is 0.308. The summed E-state index contributed by atoms with van der Waals surface area (Å²) in [6.07, 6.45) is 1.75. The molecule has 1 aromatic carbocycles. The lowest BCUT2D eigenvalue weighted by atomic mass is 10.2. The molecule has 1 N–H and O–H groups in total. The molecule has 0 radical (unpaired) electrons. The van der Waals surface area contributed by atoms with Crippen LogP contribution in [0.2, 0.25) is 0 Å². The van der Waals surface area contributed by atoms with Crippen LogP contribution in [0, 0.1) is 6.92 Å². The molecule has 0 spiro atoms. The summed E-state index contributed by atoms with van der Waals surface area (Å²) < 4.78 is 3.22. The fourth-order valence-corrected chi connectivity index (χ4v) is 2.79. The van der Waals surface area contributed by atoms with E-state index in [0.29, 0.717) is 6.54 Å². The Balaban J connectivity index is 1.78. The van der Waals surface area contributed by atoms with E-state index >= 15 is 0 Å². The van der Waals surface area contributed by atoms with Crippen molar-refractivity contribution in [2.24, 2.45) is 0 Å². The SMILES string of the molecule is CCn1cnnc1CNc1nc2cc(C)ccc2s1. The van der Waals surface area contributed by atoms with Gasteiger partial charge in [0.1, 0.15) is 6.33 Å². The van der Waals surface area contributed by atoms with Crippen LogP contribution >= 0.6 is 11.3 Å². The Morgan fingerprint density at radius 1 is 1.37 bits per heavy atom. The summed E-state index contributed by atoms with van der Waals surface area (Å²) in [5.41, 5.74) is 2.28. The van der Waals surface area contributed by atoms with Gasteiger partial charge >= 0.3 is 0 Å². The van der Waals surface area contributed by atoms with Crippen molar-refractivity contribution in [2.75, 3.05) is 5.32 Å². The van der Waals surface area contributed by atoms with Crippen LogP contribution in [0.4, 0.5) is 5.13 Å². The summed E-state index contributed by atoms with van der Waals surface area (Å²) in [5.74, 6) is 0.929. The molecular formula is C13H15N5S. The van der Waals surface area contributed by atoms with Crippen LogP contribution in [-0.2, 0) is 13.1 Å². The van der Waals surface area contributed by atoms with Crippen LogP contribution in [0.25, 0.3) is 10.2 Å². The molecule has 2 aromatic heterocycles. The van der Waals surface area contributed by atoms with E-state index in [1.807, 2.05) is 4.57 Å². The Labute approximate surface area is 115 Å². The largest absolute Gasteiger partial charge is 0.354 e. The van der Waals surface area contributed by atoms with Crippen molar-refractivity contribution < 1.29 is 0 Å². The highest BCUT2D eigenvalue weighted by Gasteiger charge is 2.06. The third-order valence-corrected chi connectivity index (χ3v) is 3.97. The van der Waals surface area contributed by atoms with Crippen molar-refractivity contribution in [1.82, 2.24) is 19.7 Å². The van der Waals surface area contributed by atoms with Gasteiger partial charge in [0.2, 0.25) is 0 Å². The molecule has 0 unspecified atom stereocenters. The third kappa shape index (κ3) is 2.44. The van der Waals surface area contributed by atoms with E-state index in [4.69, 9.17) is 0 Å². The molecule has 0 amide bonds.